The molecule has 0 heterocycles. The van der Waals surface area contributed by atoms with Crippen molar-refractivity contribution in [1.29, 1.82) is 0 Å². The molecule has 2 rings (SSSR count). The maximum absolute atomic E-state index is 10.9. The fourth-order valence-electron chi connectivity index (χ4n) is 3.84. The predicted octanol–water partition coefficient (Wildman–Crippen LogP) is 6.74. The lowest BCUT2D eigenvalue weighted by molar-refractivity contribution is 0.411. The standard InChI is InChI=1S/C28H44O4Si/c1-25(2,3)19-13-17(14-20(23(19)29)26(4,5)6)31-33-32-18-15-21(27(7,8)9)24(30)22(16-18)28(10,11)12/h13-16,29-30H,33H2,1-12H3. The molecule has 0 aliphatic carbocycles. The monoisotopic (exact) mass is 472 g/mol. The van der Waals surface area contributed by atoms with Gasteiger partial charge in [-0.2, -0.15) is 0 Å². The van der Waals surface area contributed by atoms with Crippen LogP contribution in [0.2, 0.25) is 0 Å². The van der Waals surface area contributed by atoms with Crippen LogP contribution >= 0.6 is 0 Å². The molecule has 0 fully saturated rings. The summed E-state index contributed by atoms with van der Waals surface area (Å²) in [5.41, 5.74) is 2.61. The molecule has 2 N–H and O–H groups in total. The Morgan fingerprint density at radius 3 is 0.879 bits per heavy atom. The average molecular weight is 473 g/mol. The van der Waals surface area contributed by atoms with Crippen molar-refractivity contribution in [2.24, 2.45) is 0 Å². The summed E-state index contributed by atoms with van der Waals surface area (Å²) in [4.78, 5) is 0. The maximum atomic E-state index is 10.9. The minimum Gasteiger partial charge on any atom is -0.516 e. The molecular weight excluding hydrogens is 428 g/mol. The van der Waals surface area contributed by atoms with Gasteiger partial charge in [-0.3, -0.25) is 0 Å². The van der Waals surface area contributed by atoms with Crippen molar-refractivity contribution in [3.63, 3.8) is 0 Å². The van der Waals surface area contributed by atoms with Gasteiger partial charge < -0.3 is 19.1 Å². The Labute approximate surface area is 203 Å². The summed E-state index contributed by atoms with van der Waals surface area (Å²) < 4.78 is 12.3. The summed E-state index contributed by atoms with van der Waals surface area (Å²) in [6.07, 6.45) is 0. The first-order valence-corrected chi connectivity index (χ1v) is 12.9. The molecular formula is C28H44O4Si. The van der Waals surface area contributed by atoms with Crippen molar-refractivity contribution in [3.05, 3.63) is 46.5 Å². The third-order valence-electron chi connectivity index (χ3n) is 5.85. The molecule has 4 nitrogen and oxygen atoms in total. The highest BCUT2D eigenvalue weighted by Gasteiger charge is 2.28. The SMILES string of the molecule is CC(C)(C)c1cc(O[SiH2]Oc2cc(C(C)(C)C)c(O)c(C(C)(C)C)c2)cc(C(C)(C)C)c1O. The van der Waals surface area contributed by atoms with Crippen LogP contribution in [0.5, 0.6) is 23.0 Å². The second-order valence-electron chi connectivity index (χ2n) is 13.1. The zero-order valence-electron chi connectivity index (χ0n) is 22.7. The van der Waals surface area contributed by atoms with Gasteiger partial charge in [-0.25, -0.2) is 0 Å². The van der Waals surface area contributed by atoms with Gasteiger partial charge in [0.05, 0.1) is 0 Å². The third-order valence-corrected chi connectivity index (χ3v) is 6.75. The first-order chi connectivity index (χ1) is 14.7. The Morgan fingerprint density at radius 1 is 0.485 bits per heavy atom. The van der Waals surface area contributed by atoms with Gasteiger partial charge in [-0.1, -0.05) is 83.1 Å². The fourth-order valence-corrected chi connectivity index (χ4v) is 4.50. The molecule has 0 saturated carbocycles. The van der Waals surface area contributed by atoms with Gasteiger partial charge in [0, 0.05) is 22.3 Å². The largest absolute Gasteiger partial charge is 0.516 e. The van der Waals surface area contributed by atoms with E-state index in [1.54, 1.807) is 0 Å². The maximum Gasteiger partial charge on any atom is 0.427 e. The number of hydrogen-bond donors (Lipinski definition) is 2. The van der Waals surface area contributed by atoms with Crippen LogP contribution in [0.1, 0.15) is 105 Å². The first kappa shape index (κ1) is 27.1. The van der Waals surface area contributed by atoms with E-state index >= 15 is 0 Å². The predicted molar refractivity (Wildman–Crippen MR) is 141 cm³/mol. The average Bonchev–Trinajstić information content (AvgIpc) is 2.60. The van der Waals surface area contributed by atoms with Crippen LogP contribution in [0.15, 0.2) is 24.3 Å². The van der Waals surface area contributed by atoms with Gasteiger partial charge >= 0.3 is 10.0 Å². The van der Waals surface area contributed by atoms with Crippen molar-refractivity contribution < 1.29 is 19.1 Å². The van der Waals surface area contributed by atoms with E-state index in [2.05, 4.69) is 83.1 Å². The lowest BCUT2D eigenvalue weighted by Crippen LogP contribution is -2.20. The third kappa shape index (κ3) is 6.47. The number of hydrogen-bond acceptors (Lipinski definition) is 4. The molecule has 0 saturated heterocycles. The number of benzene rings is 2. The normalized spacial score (nSPS) is 13.2. The van der Waals surface area contributed by atoms with E-state index < -0.39 is 10.0 Å². The number of rotatable bonds is 4. The Bertz CT molecular complexity index is 845. The van der Waals surface area contributed by atoms with Crippen LogP contribution in [0, 0.1) is 0 Å². The van der Waals surface area contributed by atoms with Crippen LogP contribution < -0.4 is 8.85 Å². The van der Waals surface area contributed by atoms with Crippen LogP contribution in [0.25, 0.3) is 0 Å². The zero-order valence-corrected chi connectivity index (χ0v) is 24.1. The van der Waals surface area contributed by atoms with Gasteiger partial charge in [-0.05, 0) is 45.9 Å². The second-order valence-corrected chi connectivity index (χ2v) is 14.0. The lowest BCUT2D eigenvalue weighted by Gasteiger charge is -2.29. The van der Waals surface area contributed by atoms with Gasteiger partial charge in [0.25, 0.3) is 0 Å². The van der Waals surface area contributed by atoms with Crippen LogP contribution in [0.3, 0.4) is 0 Å². The number of phenolic OH excluding ortho intramolecular Hbond substituents is 2. The highest BCUT2D eigenvalue weighted by atomic mass is 28.3. The molecule has 2 aromatic rings. The van der Waals surface area contributed by atoms with Crippen molar-refractivity contribution in [2.75, 3.05) is 0 Å². The van der Waals surface area contributed by atoms with E-state index in [0.29, 0.717) is 11.5 Å². The lowest BCUT2D eigenvalue weighted by atomic mass is 9.79. The highest BCUT2D eigenvalue weighted by Crippen LogP contribution is 2.43. The molecule has 184 valence electrons. The van der Waals surface area contributed by atoms with E-state index in [1.807, 2.05) is 24.3 Å². The van der Waals surface area contributed by atoms with Gasteiger partial charge in [0.1, 0.15) is 23.0 Å². The molecule has 0 aliphatic rings. The van der Waals surface area contributed by atoms with Crippen molar-refractivity contribution in [3.8, 4) is 23.0 Å². The van der Waals surface area contributed by atoms with Crippen LogP contribution in [-0.2, 0) is 21.7 Å². The molecule has 0 radical (unpaired) electrons. The van der Waals surface area contributed by atoms with Crippen molar-refractivity contribution >= 4 is 10.0 Å². The molecule has 0 bridgehead atoms. The molecule has 2 aromatic carbocycles. The molecule has 33 heavy (non-hydrogen) atoms. The molecule has 0 spiro atoms. The molecule has 0 atom stereocenters. The molecule has 0 amide bonds. The second kappa shape index (κ2) is 8.90. The minimum atomic E-state index is -1.41. The summed E-state index contributed by atoms with van der Waals surface area (Å²) in [5.74, 6) is 2.13. The number of aromatic hydroxyl groups is 2. The van der Waals surface area contributed by atoms with E-state index in [1.165, 1.54) is 0 Å². The highest BCUT2D eigenvalue weighted by molar-refractivity contribution is 6.20. The van der Waals surface area contributed by atoms with Gasteiger partial charge in [0.2, 0.25) is 0 Å². The van der Waals surface area contributed by atoms with Crippen molar-refractivity contribution in [1.82, 2.24) is 0 Å². The summed E-state index contributed by atoms with van der Waals surface area (Å²) in [5, 5.41) is 21.9. The van der Waals surface area contributed by atoms with Gasteiger partial charge in [0.15, 0.2) is 0 Å². The molecule has 0 aromatic heterocycles. The van der Waals surface area contributed by atoms with E-state index in [4.69, 9.17) is 8.85 Å². The van der Waals surface area contributed by atoms with Gasteiger partial charge in [-0.15, -0.1) is 0 Å². The topological polar surface area (TPSA) is 58.9 Å². The number of phenols is 2. The molecule has 0 unspecified atom stereocenters. The van der Waals surface area contributed by atoms with E-state index in [9.17, 15) is 10.2 Å². The van der Waals surface area contributed by atoms with Crippen LogP contribution in [0.4, 0.5) is 0 Å². The van der Waals surface area contributed by atoms with Crippen LogP contribution in [-0.4, -0.2) is 20.2 Å². The van der Waals surface area contributed by atoms with E-state index in [-0.39, 0.29) is 21.7 Å². The Morgan fingerprint density at radius 2 is 0.697 bits per heavy atom. The summed E-state index contributed by atoms with van der Waals surface area (Å²) in [6, 6.07) is 7.72. The fraction of sp³-hybridized carbons (Fsp3) is 0.571. The zero-order chi connectivity index (χ0) is 25.6. The molecule has 5 heteroatoms. The Kier molecular flexibility index (Phi) is 7.31. The first-order valence-electron chi connectivity index (χ1n) is 11.7. The Balaban J connectivity index is 2.39. The Hall–Kier alpha value is -2.14. The minimum absolute atomic E-state index is 0.216. The smallest absolute Gasteiger partial charge is 0.427 e. The molecule has 0 aliphatic heterocycles. The summed E-state index contributed by atoms with van der Waals surface area (Å²) in [6.45, 7) is 25.1. The van der Waals surface area contributed by atoms with E-state index in [0.717, 1.165) is 33.8 Å². The van der Waals surface area contributed by atoms with Crippen molar-refractivity contribution in [2.45, 2.75) is 105 Å². The summed E-state index contributed by atoms with van der Waals surface area (Å²) >= 11 is 0. The quantitative estimate of drug-likeness (QED) is 0.484. The summed E-state index contributed by atoms with van der Waals surface area (Å²) in [7, 11) is -1.41.